The number of aromatic carboxylic acids is 1. The first-order valence-electron chi connectivity index (χ1n) is 5.97. The molecule has 0 unspecified atom stereocenters. The predicted molar refractivity (Wildman–Crippen MR) is 69.7 cm³/mol. The number of nitrogens with zero attached hydrogens (tertiary/aromatic N) is 2. The molecule has 0 spiro atoms. The quantitative estimate of drug-likeness (QED) is 0.939. The Kier molecular flexibility index (Phi) is 3.33. The van der Waals surface area contributed by atoms with Crippen molar-refractivity contribution in [3.05, 3.63) is 41.3 Å². The topological polar surface area (TPSA) is 55.1 Å². The van der Waals surface area contributed by atoms with Gasteiger partial charge in [-0.1, -0.05) is 6.07 Å². The van der Waals surface area contributed by atoms with Crippen LogP contribution in [0.5, 0.6) is 0 Å². The molecule has 1 aromatic heterocycles. The first kappa shape index (κ1) is 14.2. The molecule has 1 heterocycles. The fourth-order valence-electron chi connectivity index (χ4n) is 1.92. The third-order valence-electron chi connectivity index (χ3n) is 3.03. The van der Waals surface area contributed by atoms with E-state index in [0.717, 1.165) is 0 Å². The molecule has 0 saturated carbocycles. The van der Waals surface area contributed by atoms with Crippen LogP contribution in [0.2, 0.25) is 0 Å². The molecule has 20 heavy (non-hydrogen) atoms. The van der Waals surface area contributed by atoms with Crippen molar-refractivity contribution < 1.29 is 18.7 Å². The third kappa shape index (κ3) is 2.54. The Bertz CT molecular complexity index is 672. The number of hydrogen-bond acceptors (Lipinski definition) is 2. The Balaban J connectivity index is 2.60. The number of benzene rings is 1. The van der Waals surface area contributed by atoms with Gasteiger partial charge < -0.3 is 5.11 Å². The molecule has 0 fully saturated rings. The second kappa shape index (κ2) is 4.70. The van der Waals surface area contributed by atoms with Gasteiger partial charge >= 0.3 is 5.97 Å². The van der Waals surface area contributed by atoms with Crippen LogP contribution in [0.1, 0.15) is 29.9 Å². The van der Waals surface area contributed by atoms with Crippen molar-refractivity contribution in [2.45, 2.75) is 19.5 Å². The zero-order valence-electron chi connectivity index (χ0n) is 11.3. The van der Waals surface area contributed by atoms with Gasteiger partial charge in [-0.3, -0.25) is 4.68 Å². The molecule has 1 aromatic carbocycles. The summed E-state index contributed by atoms with van der Waals surface area (Å²) in [6, 6.07) is 5.17. The lowest BCUT2D eigenvalue weighted by Gasteiger charge is -2.16. The van der Waals surface area contributed by atoms with E-state index in [1.54, 1.807) is 0 Å². The summed E-state index contributed by atoms with van der Waals surface area (Å²) in [5, 5.41) is 12.7. The number of alkyl halides is 1. The van der Waals surface area contributed by atoms with Crippen LogP contribution in [0.3, 0.4) is 0 Å². The van der Waals surface area contributed by atoms with Gasteiger partial charge in [-0.25, -0.2) is 13.6 Å². The van der Waals surface area contributed by atoms with Gasteiger partial charge in [-0.05, 0) is 37.6 Å². The lowest BCUT2D eigenvalue weighted by Crippen LogP contribution is -2.09. The van der Waals surface area contributed by atoms with Crippen LogP contribution in [0, 0.1) is 5.82 Å². The minimum absolute atomic E-state index is 0.121. The SMILES string of the molecule is Cn1nc(C(=O)O)cc1-c1cc(C(C)(C)F)ccc1F. The Morgan fingerprint density at radius 2 is 2.00 bits per heavy atom. The Morgan fingerprint density at radius 3 is 2.50 bits per heavy atom. The molecule has 106 valence electrons. The van der Waals surface area contributed by atoms with Gasteiger partial charge in [0.05, 0.1) is 5.69 Å². The fourth-order valence-corrected chi connectivity index (χ4v) is 1.92. The van der Waals surface area contributed by atoms with E-state index in [1.807, 2.05) is 0 Å². The van der Waals surface area contributed by atoms with E-state index in [1.165, 1.54) is 49.8 Å². The van der Waals surface area contributed by atoms with Crippen molar-refractivity contribution in [3.63, 3.8) is 0 Å². The maximum absolute atomic E-state index is 13.9. The lowest BCUT2D eigenvalue weighted by molar-refractivity contribution is 0.0689. The van der Waals surface area contributed by atoms with E-state index in [4.69, 9.17) is 5.11 Å². The standard InChI is InChI=1S/C14H14F2N2O2/c1-14(2,16)8-4-5-10(15)9(6-8)12-7-11(13(19)20)17-18(12)3/h4-7H,1-3H3,(H,19,20). The van der Waals surface area contributed by atoms with Crippen LogP contribution < -0.4 is 0 Å². The summed E-state index contributed by atoms with van der Waals surface area (Å²) in [4.78, 5) is 10.9. The predicted octanol–water partition coefficient (Wildman–Crippen LogP) is 3.13. The van der Waals surface area contributed by atoms with Crippen LogP contribution in [0.25, 0.3) is 11.3 Å². The summed E-state index contributed by atoms with van der Waals surface area (Å²) >= 11 is 0. The maximum atomic E-state index is 13.9. The lowest BCUT2D eigenvalue weighted by atomic mass is 9.97. The molecular formula is C14H14F2N2O2. The van der Waals surface area contributed by atoms with Crippen molar-refractivity contribution >= 4 is 5.97 Å². The highest BCUT2D eigenvalue weighted by atomic mass is 19.1. The van der Waals surface area contributed by atoms with Gasteiger partial charge in [-0.2, -0.15) is 5.10 Å². The van der Waals surface area contributed by atoms with Gasteiger partial charge in [0.25, 0.3) is 0 Å². The molecule has 6 heteroatoms. The highest BCUT2D eigenvalue weighted by Gasteiger charge is 2.22. The smallest absolute Gasteiger partial charge is 0.356 e. The third-order valence-corrected chi connectivity index (χ3v) is 3.03. The summed E-state index contributed by atoms with van der Waals surface area (Å²) in [5.74, 6) is -1.76. The molecule has 1 N–H and O–H groups in total. The van der Waals surface area contributed by atoms with E-state index in [2.05, 4.69) is 5.10 Å². The summed E-state index contributed by atoms with van der Waals surface area (Å²) in [5.41, 5.74) is -1.09. The zero-order chi connectivity index (χ0) is 15.1. The van der Waals surface area contributed by atoms with Crippen LogP contribution >= 0.6 is 0 Å². The molecule has 2 aromatic rings. The minimum Gasteiger partial charge on any atom is -0.476 e. The number of carboxylic acids is 1. The van der Waals surface area contributed by atoms with Crippen LogP contribution in [-0.4, -0.2) is 20.9 Å². The highest BCUT2D eigenvalue weighted by Crippen LogP contribution is 2.31. The molecule has 0 bridgehead atoms. The van der Waals surface area contributed by atoms with E-state index in [-0.39, 0.29) is 17.0 Å². The first-order valence-corrected chi connectivity index (χ1v) is 5.97. The van der Waals surface area contributed by atoms with Crippen LogP contribution in [0.4, 0.5) is 8.78 Å². The van der Waals surface area contributed by atoms with Gasteiger partial charge in [0.1, 0.15) is 11.5 Å². The highest BCUT2D eigenvalue weighted by molar-refractivity contribution is 5.87. The average Bonchev–Trinajstić information content (AvgIpc) is 2.70. The number of carbonyl (C=O) groups is 1. The van der Waals surface area contributed by atoms with Crippen molar-refractivity contribution in [3.8, 4) is 11.3 Å². The molecule has 2 rings (SSSR count). The molecule has 0 saturated heterocycles. The molecule has 0 aliphatic rings. The number of aromatic nitrogens is 2. The van der Waals surface area contributed by atoms with Gasteiger partial charge in [0.2, 0.25) is 0 Å². The van der Waals surface area contributed by atoms with E-state index in [9.17, 15) is 13.6 Å². The van der Waals surface area contributed by atoms with Crippen LogP contribution in [0.15, 0.2) is 24.3 Å². The van der Waals surface area contributed by atoms with Gasteiger partial charge in [0.15, 0.2) is 5.69 Å². The Morgan fingerprint density at radius 1 is 1.35 bits per heavy atom. The number of carboxylic acid groups (broad SMARTS) is 1. The molecule has 4 nitrogen and oxygen atoms in total. The number of hydrogen-bond donors (Lipinski definition) is 1. The number of halogens is 2. The summed E-state index contributed by atoms with van der Waals surface area (Å²) in [6.07, 6.45) is 0. The Labute approximate surface area is 114 Å². The summed E-state index contributed by atoms with van der Waals surface area (Å²) in [6.45, 7) is 2.74. The molecule has 0 radical (unpaired) electrons. The monoisotopic (exact) mass is 280 g/mol. The maximum Gasteiger partial charge on any atom is 0.356 e. The van der Waals surface area contributed by atoms with E-state index >= 15 is 0 Å². The fraction of sp³-hybridized carbons (Fsp3) is 0.286. The Hall–Kier alpha value is -2.24. The zero-order valence-corrected chi connectivity index (χ0v) is 11.3. The second-order valence-electron chi connectivity index (χ2n) is 5.01. The largest absolute Gasteiger partial charge is 0.476 e. The summed E-state index contributed by atoms with van der Waals surface area (Å²) in [7, 11) is 1.51. The van der Waals surface area contributed by atoms with Crippen molar-refractivity contribution in [1.29, 1.82) is 0 Å². The van der Waals surface area contributed by atoms with Crippen molar-refractivity contribution in [1.82, 2.24) is 9.78 Å². The molecule has 0 aliphatic heterocycles. The number of aryl methyl sites for hydroxylation is 1. The second-order valence-corrected chi connectivity index (χ2v) is 5.01. The molecule has 0 atom stereocenters. The molecule has 0 amide bonds. The molecular weight excluding hydrogens is 266 g/mol. The van der Waals surface area contributed by atoms with Gasteiger partial charge in [0, 0.05) is 12.6 Å². The van der Waals surface area contributed by atoms with Crippen molar-refractivity contribution in [2.24, 2.45) is 7.05 Å². The normalized spacial score (nSPS) is 11.7. The molecule has 0 aliphatic carbocycles. The first-order chi connectivity index (χ1) is 9.20. The average molecular weight is 280 g/mol. The number of rotatable bonds is 3. The van der Waals surface area contributed by atoms with E-state index in [0.29, 0.717) is 5.56 Å². The van der Waals surface area contributed by atoms with E-state index < -0.39 is 17.5 Å². The van der Waals surface area contributed by atoms with Gasteiger partial charge in [-0.15, -0.1) is 0 Å². The minimum atomic E-state index is -1.61. The van der Waals surface area contributed by atoms with Crippen molar-refractivity contribution in [2.75, 3.05) is 0 Å². The van der Waals surface area contributed by atoms with Crippen LogP contribution in [-0.2, 0) is 12.7 Å². The summed E-state index contributed by atoms with van der Waals surface area (Å²) < 4.78 is 29.1.